The summed E-state index contributed by atoms with van der Waals surface area (Å²) in [4.78, 5) is 4.22. The van der Waals surface area contributed by atoms with Gasteiger partial charge in [-0.1, -0.05) is 25.3 Å². The van der Waals surface area contributed by atoms with Crippen LogP contribution < -0.4 is 15.8 Å². The van der Waals surface area contributed by atoms with Crippen LogP contribution in [0.5, 0.6) is 5.75 Å². The highest BCUT2D eigenvalue weighted by Gasteiger charge is 2.12. The van der Waals surface area contributed by atoms with Gasteiger partial charge in [0.15, 0.2) is 5.96 Å². The van der Waals surface area contributed by atoms with E-state index in [1.54, 1.807) is 12.1 Å². The summed E-state index contributed by atoms with van der Waals surface area (Å²) in [7, 11) is 0. The molecule has 0 saturated heterocycles. The number of nitrogens with one attached hydrogen (secondary N) is 1. The van der Waals surface area contributed by atoms with E-state index in [0.29, 0.717) is 30.9 Å². The molecule has 1 aliphatic carbocycles. The zero-order valence-corrected chi connectivity index (χ0v) is 11.6. The van der Waals surface area contributed by atoms with Crippen molar-refractivity contribution in [2.75, 3.05) is 13.2 Å². The van der Waals surface area contributed by atoms with Gasteiger partial charge in [-0.15, -0.1) is 0 Å². The highest BCUT2D eigenvalue weighted by atomic mass is 19.1. The molecule has 0 radical (unpaired) electrons. The Labute approximate surface area is 119 Å². The summed E-state index contributed by atoms with van der Waals surface area (Å²) in [5.74, 6) is 0.684. The molecule has 1 fully saturated rings. The molecule has 1 aromatic rings. The normalized spacial score (nSPS) is 16.9. The van der Waals surface area contributed by atoms with Crippen LogP contribution in [0.15, 0.2) is 29.3 Å². The van der Waals surface area contributed by atoms with Gasteiger partial charge in [-0.25, -0.2) is 9.38 Å². The highest BCUT2D eigenvalue weighted by Crippen LogP contribution is 2.17. The van der Waals surface area contributed by atoms with Crippen LogP contribution >= 0.6 is 0 Å². The number of halogens is 1. The number of nitrogens with two attached hydrogens (primary N) is 1. The molecule has 0 heterocycles. The fraction of sp³-hybridized carbons (Fsp3) is 0.533. The summed E-state index contributed by atoms with van der Waals surface area (Å²) in [5, 5.41) is 3.24. The lowest BCUT2D eigenvalue weighted by atomic mass is 9.96. The standard InChI is InChI=1S/C15H22FN3O/c16-12-5-4-8-14(11-12)20-10-9-18-15(17)19-13-6-2-1-3-7-13/h4-5,8,11,13H,1-3,6-7,9-10H2,(H3,17,18,19). The average Bonchev–Trinajstić information content (AvgIpc) is 2.45. The molecule has 5 heteroatoms. The summed E-state index contributed by atoms with van der Waals surface area (Å²) in [6.07, 6.45) is 6.16. The minimum absolute atomic E-state index is 0.301. The second-order valence-corrected chi connectivity index (χ2v) is 5.05. The third-order valence-corrected chi connectivity index (χ3v) is 3.40. The van der Waals surface area contributed by atoms with Gasteiger partial charge in [0.05, 0.1) is 6.54 Å². The number of rotatable bonds is 5. The van der Waals surface area contributed by atoms with Crippen molar-refractivity contribution in [1.29, 1.82) is 0 Å². The Hall–Kier alpha value is -1.78. The summed E-state index contributed by atoms with van der Waals surface area (Å²) in [6.45, 7) is 0.846. The van der Waals surface area contributed by atoms with Gasteiger partial charge in [-0.2, -0.15) is 0 Å². The lowest BCUT2D eigenvalue weighted by Crippen LogP contribution is -2.41. The number of hydrogen-bond donors (Lipinski definition) is 2. The molecular weight excluding hydrogens is 257 g/mol. The van der Waals surface area contributed by atoms with Gasteiger partial charge in [0.25, 0.3) is 0 Å². The maximum Gasteiger partial charge on any atom is 0.188 e. The molecular formula is C15H22FN3O. The molecule has 4 nitrogen and oxygen atoms in total. The molecule has 0 spiro atoms. The minimum Gasteiger partial charge on any atom is -0.492 e. The van der Waals surface area contributed by atoms with Crippen molar-refractivity contribution in [3.63, 3.8) is 0 Å². The minimum atomic E-state index is -0.301. The van der Waals surface area contributed by atoms with E-state index < -0.39 is 0 Å². The second kappa shape index (κ2) is 7.72. The Morgan fingerprint density at radius 1 is 1.35 bits per heavy atom. The summed E-state index contributed by atoms with van der Waals surface area (Å²) >= 11 is 0. The van der Waals surface area contributed by atoms with E-state index >= 15 is 0 Å². The van der Waals surface area contributed by atoms with E-state index in [1.165, 1.54) is 31.4 Å². The SMILES string of the molecule is NC(=NCCOc1cccc(F)c1)NC1CCCCC1. The fourth-order valence-electron chi connectivity index (χ4n) is 2.39. The van der Waals surface area contributed by atoms with Crippen molar-refractivity contribution in [2.45, 2.75) is 38.1 Å². The largest absolute Gasteiger partial charge is 0.492 e. The lowest BCUT2D eigenvalue weighted by molar-refractivity contribution is 0.326. The van der Waals surface area contributed by atoms with E-state index in [2.05, 4.69) is 10.3 Å². The zero-order valence-electron chi connectivity index (χ0n) is 11.6. The van der Waals surface area contributed by atoms with Gasteiger partial charge in [0.2, 0.25) is 0 Å². The smallest absolute Gasteiger partial charge is 0.188 e. The molecule has 2 rings (SSSR count). The predicted molar refractivity (Wildman–Crippen MR) is 78.4 cm³/mol. The molecule has 0 unspecified atom stereocenters. The van der Waals surface area contributed by atoms with Crippen LogP contribution in [0.4, 0.5) is 4.39 Å². The summed E-state index contributed by atoms with van der Waals surface area (Å²) in [5.41, 5.74) is 5.83. The first-order valence-electron chi connectivity index (χ1n) is 7.19. The van der Waals surface area contributed by atoms with Gasteiger partial charge in [0, 0.05) is 12.1 Å². The Kier molecular flexibility index (Phi) is 5.65. The molecule has 3 N–H and O–H groups in total. The van der Waals surface area contributed by atoms with Gasteiger partial charge >= 0.3 is 0 Å². The first-order valence-corrected chi connectivity index (χ1v) is 7.19. The summed E-state index contributed by atoms with van der Waals surface area (Å²) in [6, 6.07) is 6.53. The Morgan fingerprint density at radius 2 is 2.15 bits per heavy atom. The molecule has 0 bridgehead atoms. The molecule has 0 aromatic heterocycles. The van der Waals surface area contributed by atoms with Crippen molar-refractivity contribution in [3.8, 4) is 5.75 Å². The maximum absolute atomic E-state index is 12.9. The highest BCUT2D eigenvalue weighted by molar-refractivity contribution is 5.78. The first kappa shape index (κ1) is 14.6. The van der Waals surface area contributed by atoms with Crippen molar-refractivity contribution in [2.24, 2.45) is 10.7 Å². The van der Waals surface area contributed by atoms with Crippen LogP contribution in [0.3, 0.4) is 0 Å². The molecule has 1 saturated carbocycles. The van der Waals surface area contributed by atoms with Crippen LogP contribution in [0.1, 0.15) is 32.1 Å². The molecule has 0 atom stereocenters. The lowest BCUT2D eigenvalue weighted by Gasteiger charge is -2.23. The molecule has 20 heavy (non-hydrogen) atoms. The molecule has 1 aromatic carbocycles. The van der Waals surface area contributed by atoms with Crippen molar-refractivity contribution < 1.29 is 9.13 Å². The Bertz CT molecular complexity index is 444. The van der Waals surface area contributed by atoms with E-state index in [9.17, 15) is 4.39 Å². The Morgan fingerprint density at radius 3 is 2.90 bits per heavy atom. The van der Waals surface area contributed by atoms with Crippen molar-refractivity contribution in [1.82, 2.24) is 5.32 Å². The van der Waals surface area contributed by atoms with Crippen LogP contribution in [-0.2, 0) is 0 Å². The second-order valence-electron chi connectivity index (χ2n) is 5.05. The molecule has 0 aliphatic heterocycles. The zero-order chi connectivity index (χ0) is 14.2. The number of hydrogen-bond acceptors (Lipinski definition) is 2. The topological polar surface area (TPSA) is 59.6 Å². The van der Waals surface area contributed by atoms with Gasteiger partial charge < -0.3 is 15.8 Å². The van der Waals surface area contributed by atoms with Crippen LogP contribution in [0.25, 0.3) is 0 Å². The van der Waals surface area contributed by atoms with Gasteiger partial charge in [-0.05, 0) is 25.0 Å². The third-order valence-electron chi connectivity index (χ3n) is 3.40. The van der Waals surface area contributed by atoms with Crippen LogP contribution in [0.2, 0.25) is 0 Å². The summed E-state index contributed by atoms with van der Waals surface area (Å²) < 4.78 is 18.3. The van der Waals surface area contributed by atoms with Gasteiger partial charge in [-0.3, -0.25) is 0 Å². The molecule has 1 aliphatic rings. The van der Waals surface area contributed by atoms with Gasteiger partial charge in [0.1, 0.15) is 18.2 Å². The monoisotopic (exact) mass is 279 g/mol. The van der Waals surface area contributed by atoms with Crippen LogP contribution in [0, 0.1) is 5.82 Å². The Balaban J connectivity index is 1.67. The number of nitrogens with zero attached hydrogens (tertiary/aromatic N) is 1. The van der Waals surface area contributed by atoms with Crippen LogP contribution in [-0.4, -0.2) is 25.2 Å². The predicted octanol–water partition coefficient (Wildman–Crippen LogP) is 2.44. The van der Waals surface area contributed by atoms with Crippen molar-refractivity contribution in [3.05, 3.63) is 30.1 Å². The maximum atomic E-state index is 12.9. The average molecular weight is 279 g/mol. The fourth-order valence-corrected chi connectivity index (χ4v) is 2.39. The quantitative estimate of drug-likeness (QED) is 0.494. The van der Waals surface area contributed by atoms with E-state index in [4.69, 9.17) is 10.5 Å². The van der Waals surface area contributed by atoms with E-state index in [-0.39, 0.29) is 5.82 Å². The first-order chi connectivity index (χ1) is 9.74. The molecule has 0 amide bonds. The third kappa shape index (κ3) is 5.07. The number of aliphatic imine (C=N–C) groups is 1. The van der Waals surface area contributed by atoms with E-state index in [1.807, 2.05) is 0 Å². The number of guanidine groups is 1. The number of benzene rings is 1. The number of ether oxygens (including phenoxy) is 1. The van der Waals surface area contributed by atoms with E-state index in [0.717, 1.165) is 12.8 Å². The molecule has 110 valence electrons. The van der Waals surface area contributed by atoms with Crippen molar-refractivity contribution >= 4 is 5.96 Å².